The van der Waals surface area contributed by atoms with Crippen molar-refractivity contribution in [1.29, 1.82) is 0 Å². The summed E-state index contributed by atoms with van der Waals surface area (Å²) in [6.07, 6.45) is 8.84. The van der Waals surface area contributed by atoms with Gasteiger partial charge >= 0.3 is 0 Å². The van der Waals surface area contributed by atoms with Gasteiger partial charge in [-0.2, -0.15) is 0 Å². The van der Waals surface area contributed by atoms with Gasteiger partial charge in [0.25, 0.3) is 5.91 Å². The van der Waals surface area contributed by atoms with Crippen molar-refractivity contribution in [1.82, 2.24) is 14.9 Å². The molecule has 0 saturated heterocycles. The zero-order chi connectivity index (χ0) is 20.1. The zero-order valence-electron chi connectivity index (χ0n) is 16.7. The van der Waals surface area contributed by atoms with Gasteiger partial charge in [-0.1, -0.05) is 66.2 Å². The molecule has 0 radical (unpaired) electrons. The number of aromatic nitrogens is 2. The Hall–Kier alpha value is -2.14. The zero-order valence-corrected chi connectivity index (χ0v) is 18.3. The van der Waals surface area contributed by atoms with E-state index in [0.29, 0.717) is 12.1 Å². The summed E-state index contributed by atoms with van der Waals surface area (Å²) in [5, 5.41) is 3.04. The molecule has 0 aliphatic heterocycles. The Balaban J connectivity index is 1.42. The number of rotatable bonds is 7. The Morgan fingerprint density at radius 2 is 1.93 bits per heavy atom. The number of nitrogens with one attached hydrogen (secondary N) is 1. The van der Waals surface area contributed by atoms with E-state index in [1.54, 1.807) is 0 Å². The van der Waals surface area contributed by atoms with Crippen molar-refractivity contribution in [2.75, 3.05) is 6.54 Å². The number of hydrogen-bond donors (Lipinski definition) is 1. The molecule has 4 rings (SSSR count). The van der Waals surface area contributed by atoms with Gasteiger partial charge in [-0.25, -0.2) is 4.98 Å². The van der Waals surface area contributed by atoms with Gasteiger partial charge in [-0.3, -0.25) is 4.79 Å². The second-order valence-corrected chi connectivity index (χ2v) is 8.89. The molecule has 2 aromatic carbocycles. The molecule has 1 aliphatic carbocycles. The molecule has 29 heavy (non-hydrogen) atoms. The van der Waals surface area contributed by atoms with Crippen LogP contribution < -0.4 is 5.32 Å². The maximum atomic E-state index is 12.4. The number of amides is 1. The van der Waals surface area contributed by atoms with Crippen molar-refractivity contribution < 1.29 is 4.79 Å². The summed E-state index contributed by atoms with van der Waals surface area (Å²) in [7, 11) is 0. The summed E-state index contributed by atoms with van der Waals surface area (Å²) in [6, 6.07) is 15.8. The molecular formula is C24H28BrN3O. The molecule has 1 N–H and O–H groups in total. The maximum absolute atomic E-state index is 12.4. The standard InChI is InChI=1S/C24H28BrN3O/c25-20-10-6-9-19(17-20)24(29)26-15-13-23-27-21-11-4-5-12-22(21)28(23)16-14-18-7-2-1-3-8-18/h4-6,9-12,17-18H,1-3,7-8,13-16H2,(H,26,29). The van der Waals surface area contributed by atoms with Crippen molar-refractivity contribution >= 4 is 32.9 Å². The third kappa shape index (κ3) is 5.08. The topological polar surface area (TPSA) is 46.9 Å². The Bertz CT molecular complexity index is 975. The van der Waals surface area contributed by atoms with Crippen LogP contribution in [0.25, 0.3) is 11.0 Å². The lowest BCUT2D eigenvalue weighted by Crippen LogP contribution is -2.26. The number of para-hydroxylation sites is 2. The Labute approximate surface area is 180 Å². The second-order valence-electron chi connectivity index (χ2n) is 7.98. The number of fused-ring (bicyclic) bond motifs is 1. The van der Waals surface area contributed by atoms with Crippen molar-refractivity contribution in [2.24, 2.45) is 5.92 Å². The van der Waals surface area contributed by atoms with Gasteiger partial charge in [0.1, 0.15) is 5.82 Å². The predicted molar refractivity (Wildman–Crippen MR) is 121 cm³/mol. The molecule has 3 aromatic rings. The van der Waals surface area contributed by atoms with Crippen LogP contribution in [0.5, 0.6) is 0 Å². The fraction of sp³-hybridized carbons (Fsp3) is 0.417. The molecule has 0 spiro atoms. The van der Waals surface area contributed by atoms with E-state index in [1.807, 2.05) is 30.3 Å². The van der Waals surface area contributed by atoms with Gasteiger partial charge in [-0.05, 0) is 42.7 Å². The van der Waals surface area contributed by atoms with Gasteiger partial charge in [-0.15, -0.1) is 0 Å². The molecule has 1 amide bonds. The van der Waals surface area contributed by atoms with Crippen molar-refractivity contribution in [3.8, 4) is 0 Å². The van der Waals surface area contributed by atoms with Crippen LogP contribution >= 0.6 is 15.9 Å². The molecule has 0 bridgehead atoms. The molecule has 0 unspecified atom stereocenters. The fourth-order valence-electron chi connectivity index (χ4n) is 4.37. The third-order valence-electron chi connectivity index (χ3n) is 5.94. The van der Waals surface area contributed by atoms with E-state index in [4.69, 9.17) is 4.98 Å². The van der Waals surface area contributed by atoms with Crippen LogP contribution in [0.15, 0.2) is 53.0 Å². The minimum absolute atomic E-state index is 0.0452. The van der Waals surface area contributed by atoms with Crippen molar-refractivity contribution in [2.45, 2.75) is 51.5 Å². The van der Waals surface area contributed by atoms with Crippen LogP contribution in [0.2, 0.25) is 0 Å². The van der Waals surface area contributed by atoms with E-state index in [1.165, 1.54) is 44.0 Å². The summed E-state index contributed by atoms with van der Waals surface area (Å²) in [4.78, 5) is 17.3. The van der Waals surface area contributed by atoms with Crippen LogP contribution in [0.1, 0.15) is 54.7 Å². The fourth-order valence-corrected chi connectivity index (χ4v) is 4.77. The molecule has 152 valence electrons. The smallest absolute Gasteiger partial charge is 0.251 e. The lowest BCUT2D eigenvalue weighted by molar-refractivity contribution is 0.0954. The summed E-state index contributed by atoms with van der Waals surface area (Å²) in [5.41, 5.74) is 2.92. The van der Waals surface area contributed by atoms with E-state index >= 15 is 0 Å². The Kier molecular flexibility index (Phi) is 6.65. The molecule has 1 aliphatic rings. The molecule has 0 atom stereocenters. The average molecular weight is 454 g/mol. The normalized spacial score (nSPS) is 14.9. The van der Waals surface area contributed by atoms with E-state index in [0.717, 1.165) is 34.7 Å². The van der Waals surface area contributed by atoms with Gasteiger partial charge < -0.3 is 9.88 Å². The summed E-state index contributed by atoms with van der Waals surface area (Å²) in [5.74, 6) is 1.86. The minimum atomic E-state index is -0.0452. The predicted octanol–water partition coefficient (Wildman–Crippen LogP) is 5.74. The highest BCUT2D eigenvalue weighted by Crippen LogP contribution is 2.28. The first-order chi connectivity index (χ1) is 14.2. The number of nitrogens with zero attached hydrogens (tertiary/aromatic N) is 2. The Morgan fingerprint density at radius 1 is 1.10 bits per heavy atom. The highest BCUT2D eigenvalue weighted by atomic mass is 79.9. The second kappa shape index (κ2) is 9.57. The minimum Gasteiger partial charge on any atom is -0.352 e. The van der Waals surface area contributed by atoms with E-state index in [2.05, 4.69) is 44.0 Å². The van der Waals surface area contributed by atoms with Crippen LogP contribution in [0.3, 0.4) is 0 Å². The van der Waals surface area contributed by atoms with Crippen molar-refractivity contribution in [3.63, 3.8) is 0 Å². The largest absolute Gasteiger partial charge is 0.352 e. The first kappa shape index (κ1) is 20.1. The molecule has 1 fully saturated rings. The number of carbonyl (C=O) groups is 1. The van der Waals surface area contributed by atoms with Crippen LogP contribution in [0.4, 0.5) is 0 Å². The highest BCUT2D eigenvalue weighted by Gasteiger charge is 2.16. The number of imidazole rings is 1. The van der Waals surface area contributed by atoms with Gasteiger partial charge in [0.05, 0.1) is 11.0 Å². The quantitative estimate of drug-likeness (QED) is 0.495. The van der Waals surface area contributed by atoms with Crippen LogP contribution in [-0.4, -0.2) is 22.0 Å². The number of hydrogen-bond acceptors (Lipinski definition) is 2. The average Bonchev–Trinajstić information content (AvgIpc) is 3.10. The highest BCUT2D eigenvalue weighted by molar-refractivity contribution is 9.10. The molecule has 1 saturated carbocycles. The number of benzene rings is 2. The van der Waals surface area contributed by atoms with Crippen LogP contribution in [-0.2, 0) is 13.0 Å². The molecule has 5 heteroatoms. The molecule has 4 nitrogen and oxygen atoms in total. The monoisotopic (exact) mass is 453 g/mol. The van der Waals surface area contributed by atoms with Gasteiger partial charge in [0.2, 0.25) is 0 Å². The maximum Gasteiger partial charge on any atom is 0.251 e. The van der Waals surface area contributed by atoms with E-state index in [-0.39, 0.29) is 5.91 Å². The number of aryl methyl sites for hydroxylation is 1. The van der Waals surface area contributed by atoms with E-state index < -0.39 is 0 Å². The first-order valence-electron chi connectivity index (χ1n) is 10.7. The first-order valence-corrected chi connectivity index (χ1v) is 11.5. The lowest BCUT2D eigenvalue weighted by Gasteiger charge is -2.22. The SMILES string of the molecule is O=C(NCCc1nc2ccccc2n1CCC1CCCCC1)c1cccc(Br)c1. The summed E-state index contributed by atoms with van der Waals surface area (Å²) < 4.78 is 3.28. The van der Waals surface area contributed by atoms with Gasteiger partial charge in [0.15, 0.2) is 0 Å². The molecule has 1 aromatic heterocycles. The summed E-state index contributed by atoms with van der Waals surface area (Å²) in [6.45, 7) is 1.60. The van der Waals surface area contributed by atoms with Crippen molar-refractivity contribution in [3.05, 3.63) is 64.4 Å². The van der Waals surface area contributed by atoms with Gasteiger partial charge in [0, 0.05) is 29.5 Å². The Morgan fingerprint density at radius 3 is 2.76 bits per heavy atom. The molecular weight excluding hydrogens is 426 g/mol. The number of carbonyl (C=O) groups excluding carboxylic acids is 1. The number of halogens is 1. The van der Waals surface area contributed by atoms with E-state index in [9.17, 15) is 4.79 Å². The lowest BCUT2D eigenvalue weighted by atomic mass is 9.87. The van der Waals surface area contributed by atoms with Crippen LogP contribution in [0, 0.1) is 5.92 Å². The third-order valence-corrected chi connectivity index (χ3v) is 6.43. The summed E-state index contributed by atoms with van der Waals surface area (Å²) >= 11 is 3.42. The molecule has 1 heterocycles.